The SMILES string of the molecule is CCCCC(NC(=O)c1ccc(-c2ccco2)nc1C)C(=O)O. The van der Waals surface area contributed by atoms with Crippen molar-refractivity contribution in [3.63, 3.8) is 0 Å². The zero-order valence-electron chi connectivity index (χ0n) is 13.2. The molecule has 1 amide bonds. The first-order valence-electron chi connectivity index (χ1n) is 7.58. The van der Waals surface area contributed by atoms with Crippen LogP contribution >= 0.6 is 0 Å². The number of hydrogen-bond donors (Lipinski definition) is 2. The van der Waals surface area contributed by atoms with Gasteiger partial charge in [-0.05, 0) is 37.6 Å². The second-order valence-electron chi connectivity index (χ2n) is 5.31. The molecule has 1 atom stereocenters. The van der Waals surface area contributed by atoms with E-state index in [0.29, 0.717) is 29.1 Å². The highest BCUT2D eigenvalue weighted by molar-refractivity contribution is 5.97. The first-order chi connectivity index (χ1) is 11.0. The normalized spacial score (nSPS) is 11.9. The summed E-state index contributed by atoms with van der Waals surface area (Å²) in [7, 11) is 0. The van der Waals surface area contributed by atoms with Crippen molar-refractivity contribution in [1.82, 2.24) is 10.3 Å². The van der Waals surface area contributed by atoms with Crippen molar-refractivity contribution < 1.29 is 19.1 Å². The second kappa shape index (κ2) is 7.58. The van der Waals surface area contributed by atoms with E-state index < -0.39 is 17.9 Å². The first kappa shape index (κ1) is 16.7. The Hall–Kier alpha value is -2.63. The Morgan fingerprint density at radius 3 is 2.70 bits per heavy atom. The second-order valence-corrected chi connectivity index (χ2v) is 5.31. The number of aryl methyl sites for hydroxylation is 1. The van der Waals surface area contributed by atoms with Crippen LogP contribution in [0.5, 0.6) is 0 Å². The van der Waals surface area contributed by atoms with Crippen LogP contribution in [-0.4, -0.2) is 28.0 Å². The molecule has 6 nitrogen and oxygen atoms in total. The molecule has 0 aromatic carbocycles. The summed E-state index contributed by atoms with van der Waals surface area (Å²) in [4.78, 5) is 27.9. The number of aliphatic carboxylic acids is 1. The maximum atomic E-state index is 12.3. The van der Waals surface area contributed by atoms with E-state index in [2.05, 4.69) is 10.3 Å². The van der Waals surface area contributed by atoms with Crippen molar-refractivity contribution in [2.75, 3.05) is 0 Å². The van der Waals surface area contributed by atoms with Gasteiger partial charge in [0.25, 0.3) is 5.91 Å². The van der Waals surface area contributed by atoms with Gasteiger partial charge in [-0.2, -0.15) is 0 Å². The van der Waals surface area contributed by atoms with Crippen LogP contribution in [0.2, 0.25) is 0 Å². The summed E-state index contributed by atoms with van der Waals surface area (Å²) in [5.74, 6) is -0.833. The zero-order chi connectivity index (χ0) is 16.8. The van der Waals surface area contributed by atoms with Gasteiger partial charge in [0.05, 0.1) is 17.5 Å². The minimum atomic E-state index is -1.02. The van der Waals surface area contributed by atoms with Gasteiger partial charge in [-0.15, -0.1) is 0 Å². The average molecular weight is 316 g/mol. The van der Waals surface area contributed by atoms with Gasteiger partial charge in [0.15, 0.2) is 5.76 Å². The fourth-order valence-corrected chi connectivity index (χ4v) is 2.26. The lowest BCUT2D eigenvalue weighted by atomic mass is 10.1. The zero-order valence-corrected chi connectivity index (χ0v) is 13.2. The molecule has 2 N–H and O–H groups in total. The number of nitrogens with one attached hydrogen (secondary N) is 1. The number of carbonyl (C=O) groups is 2. The monoisotopic (exact) mass is 316 g/mol. The van der Waals surface area contributed by atoms with Gasteiger partial charge < -0.3 is 14.8 Å². The Balaban J connectivity index is 2.14. The average Bonchev–Trinajstić information content (AvgIpc) is 3.05. The molecule has 0 radical (unpaired) electrons. The maximum Gasteiger partial charge on any atom is 0.326 e. The summed E-state index contributed by atoms with van der Waals surface area (Å²) in [5, 5.41) is 11.8. The minimum absolute atomic E-state index is 0.364. The van der Waals surface area contributed by atoms with Crippen molar-refractivity contribution in [3.05, 3.63) is 41.8 Å². The highest BCUT2D eigenvalue weighted by Crippen LogP contribution is 2.19. The fourth-order valence-electron chi connectivity index (χ4n) is 2.26. The molecule has 0 fully saturated rings. The molecule has 2 aromatic rings. The lowest BCUT2D eigenvalue weighted by molar-refractivity contribution is -0.139. The Morgan fingerprint density at radius 2 is 2.13 bits per heavy atom. The third-order valence-corrected chi connectivity index (χ3v) is 3.55. The molecule has 0 aliphatic carbocycles. The van der Waals surface area contributed by atoms with E-state index in [-0.39, 0.29) is 0 Å². The molecular formula is C17H20N2O4. The van der Waals surface area contributed by atoms with Crippen LogP contribution < -0.4 is 5.32 Å². The molecule has 0 bridgehead atoms. The lowest BCUT2D eigenvalue weighted by Gasteiger charge is -2.15. The predicted molar refractivity (Wildman–Crippen MR) is 85.1 cm³/mol. The molecule has 122 valence electrons. The van der Waals surface area contributed by atoms with Gasteiger partial charge in [-0.3, -0.25) is 4.79 Å². The molecule has 0 saturated heterocycles. The van der Waals surface area contributed by atoms with Crippen molar-refractivity contribution in [3.8, 4) is 11.5 Å². The van der Waals surface area contributed by atoms with Gasteiger partial charge >= 0.3 is 5.97 Å². The standard InChI is InChI=1S/C17H20N2O4/c1-3-4-6-14(17(21)22)19-16(20)12-8-9-13(18-11(12)2)15-7-5-10-23-15/h5,7-10,14H,3-4,6H2,1-2H3,(H,19,20)(H,21,22). The van der Waals surface area contributed by atoms with Gasteiger partial charge in [0, 0.05) is 0 Å². The summed E-state index contributed by atoms with van der Waals surface area (Å²) in [6.45, 7) is 3.69. The molecule has 1 unspecified atom stereocenters. The number of hydrogen-bond acceptors (Lipinski definition) is 4. The fraction of sp³-hybridized carbons (Fsp3) is 0.353. The molecule has 2 aromatic heterocycles. The van der Waals surface area contributed by atoms with E-state index in [1.165, 1.54) is 0 Å². The number of nitrogens with zero attached hydrogens (tertiary/aromatic N) is 1. The highest BCUT2D eigenvalue weighted by Gasteiger charge is 2.21. The van der Waals surface area contributed by atoms with Crippen LogP contribution in [0.4, 0.5) is 0 Å². The topological polar surface area (TPSA) is 92.4 Å². The van der Waals surface area contributed by atoms with Crippen LogP contribution in [0.3, 0.4) is 0 Å². The Labute approximate surface area is 134 Å². The van der Waals surface area contributed by atoms with Crippen LogP contribution in [0.15, 0.2) is 34.9 Å². The van der Waals surface area contributed by atoms with Gasteiger partial charge in [0.1, 0.15) is 11.7 Å². The van der Waals surface area contributed by atoms with Crippen LogP contribution in [0, 0.1) is 6.92 Å². The van der Waals surface area contributed by atoms with Crippen molar-refractivity contribution in [2.24, 2.45) is 0 Å². The van der Waals surface area contributed by atoms with Crippen LogP contribution in [0.1, 0.15) is 42.2 Å². The molecule has 0 aliphatic heterocycles. The third kappa shape index (κ3) is 4.18. The molecule has 0 saturated carbocycles. The molecule has 23 heavy (non-hydrogen) atoms. The number of furan rings is 1. The Bertz CT molecular complexity index is 680. The first-order valence-corrected chi connectivity index (χ1v) is 7.58. The van der Waals surface area contributed by atoms with Gasteiger partial charge in [0.2, 0.25) is 0 Å². The van der Waals surface area contributed by atoms with Crippen LogP contribution in [-0.2, 0) is 4.79 Å². The maximum absolute atomic E-state index is 12.3. The Morgan fingerprint density at radius 1 is 1.35 bits per heavy atom. The van der Waals surface area contributed by atoms with Crippen molar-refractivity contribution >= 4 is 11.9 Å². The summed E-state index contributed by atoms with van der Waals surface area (Å²) in [6.07, 6.45) is 3.58. The number of amides is 1. The number of rotatable bonds is 7. The molecule has 2 rings (SSSR count). The molecule has 2 heterocycles. The largest absolute Gasteiger partial charge is 0.480 e. The van der Waals surface area contributed by atoms with Gasteiger partial charge in [-0.25, -0.2) is 9.78 Å². The molecular weight excluding hydrogens is 296 g/mol. The number of carboxylic acids is 1. The summed E-state index contributed by atoms with van der Waals surface area (Å²) >= 11 is 0. The lowest BCUT2D eigenvalue weighted by Crippen LogP contribution is -2.41. The van der Waals surface area contributed by atoms with E-state index in [4.69, 9.17) is 4.42 Å². The van der Waals surface area contributed by atoms with E-state index in [0.717, 1.165) is 12.8 Å². The highest BCUT2D eigenvalue weighted by atomic mass is 16.4. The van der Waals surface area contributed by atoms with Crippen molar-refractivity contribution in [1.29, 1.82) is 0 Å². The van der Waals surface area contributed by atoms with E-state index in [9.17, 15) is 14.7 Å². The van der Waals surface area contributed by atoms with Crippen LogP contribution in [0.25, 0.3) is 11.5 Å². The molecule has 0 spiro atoms. The summed E-state index contributed by atoms with van der Waals surface area (Å²) in [6, 6.07) is 5.98. The number of carbonyl (C=O) groups excluding carboxylic acids is 1. The molecule has 0 aliphatic rings. The number of unbranched alkanes of at least 4 members (excludes halogenated alkanes) is 1. The summed E-state index contributed by atoms with van der Waals surface area (Å²) < 4.78 is 5.27. The third-order valence-electron chi connectivity index (χ3n) is 3.55. The minimum Gasteiger partial charge on any atom is -0.480 e. The predicted octanol–water partition coefficient (Wildman–Crippen LogP) is 3.02. The number of carboxylic acid groups (broad SMARTS) is 1. The summed E-state index contributed by atoms with van der Waals surface area (Å²) in [5.41, 5.74) is 1.52. The van der Waals surface area contributed by atoms with E-state index in [1.54, 1.807) is 37.5 Å². The quantitative estimate of drug-likeness (QED) is 0.819. The van der Waals surface area contributed by atoms with E-state index >= 15 is 0 Å². The van der Waals surface area contributed by atoms with Gasteiger partial charge in [-0.1, -0.05) is 19.8 Å². The Kier molecular flexibility index (Phi) is 5.51. The van der Waals surface area contributed by atoms with Crippen molar-refractivity contribution in [2.45, 2.75) is 39.2 Å². The number of pyridine rings is 1. The molecule has 6 heteroatoms. The smallest absolute Gasteiger partial charge is 0.326 e. The van der Waals surface area contributed by atoms with E-state index in [1.807, 2.05) is 6.92 Å². The number of aromatic nitrogens is 1.